The highest BCUT2D eigenvalue weighted by Crippen LogP contribution is 2.11. The quantitative estimate of drug-likeness (QED) is 0.883. The molecule has 4 nitrogen and oxygen atoms in total. The van der Waals surface area contributed by atoms with Crippen molar-refractivity contribution in [2.24, 2.45) is 0 Å². The highest BCUT2D eigenvalue weighted by molar-refractivity contribution is 7.09. The van der Waals surface area contributed by atoms with Crippen LogP contribution < -0.4 is 0 Å². The average Bonchev–Trinajstić information content (AvgIpc) is 2.90. The van der Waals surface area contributed by atoms with Crippen molar-refractivity contribution in [2.45, 2.75) is 25.4 Å². The second-order valence-corrected chi connectivity index (χ2v) is 6.21. The number of aliphatic hydroxyl groups is 1. The monoisotopic (exact) mass is 282 g/mol. The summed E-state index contributed by atoms with van der Waals surface area (Å²) in [5, 5.41) is 11.5. The number of aliphatic hydroxyl groups excluding tert-OH is 1. The first-order valence-electron chi connectivity index (χ1n) is 6.82. The zero-order valence-electron chi connectivity index (χ0n) is 11.4. The van der Waals surface area contributed by atoms with Gasteiger partial charge in [-0.05, 0) is 37.8 Å². The molecule has 0 radical (unpaired) electrons. The number of thiophene rings is 1. The van der Waals surface area contributed by atoms with Crippen LogP contribution in [0.1, 0.15) is 17.7 Å². The van der Waals surface area contributed by atoms with Crippen LogP contribution in [-0.2, 0) is 11.2 Å². The molecule has 2 heterocycles. The van der Waals surface area contributed by atoms with E-state index < -0.39 is 0 Å². The Morgan fingerprint density at radius 1 is 1.53 bits per heavy atom. The summed E-state index contributed by atoms with van der Waals surface area (Å²) < 4.78 is 0. The molecular formula is C14H22N2O2S. The lowest BCUT2D eigenvalue weighted by atomic mass is 10.1. The lowest BCUT2D eigenvalue weighted by molar-refractivity contribution is -0.134. The van der Waals surface area contributed by atoms with Gasteiger partial charge in [-0.15, -0.1) is 11.3 Å². The molecule has 1 saturated heterocycles. The third kappa shape index (κ3) is 4.60. The summed E-state index contributed by atoms with van der Waals surface area (Å²) in [7, 11) is 1.99. The molecule has 1 aliphatic rings. The highest BCUT2D eigenvalue weighted by Gasteiger charge is 2.21. The summed E-state index contributed by atoms with van der Waals surface area (Å²) in [6, 6.07) is 4.19. The number of carbonyl (C=O) groups is 1. The minimum absolute atomic E-state index is 0.181. The minimum atomic E-state index is -0.222. The maximum atomic E-state index is 12.1. The normalized spacial score (nSPS) is 17.1. The number of likely N-dealkylation sites (tertiary alicyclic amines) is 1. The zero-order valence-corrected chi connectivity index (χ0v) is 12.2. The van der Waals surface area contributed by atoms with Crippen molar-refractivity contribution in [1.29, 1.82) is 0 Å². The Hall–Kier alpha value is -0.910. The molecule has 1 aromatic rings. The smallest absolute Gasteiger partial charge is 0.236 e. The minimum Gasteiger partial charge on any atom is -0.393 e. The number of hydrogen-bond donors (Lipinski definition) is 1. The Morgan fingerprint density at radius 3 is 2.89 bits per heavy atom. The molecule has 1 amide bonds. The summed E-state index contributed by atoms with van der Waals surface area (Å²) in [6.45, 7) is 2.77. The number of rotatable bonds is 5. The van der Waals surface area contributed by atoms with Gasteiger partial charge in [-0.3, -0.25) is 9.69 Å². The maximum absolute atomic E-state index is 12.1. The highest BCUT2D eigenvalue weighted by atomic mass is 32.1. The molecule has 19 heavy (non-hydrogen) atoms. The molecule has 0 aromatic carbocycles. The third-order valence-electron chi connectivity index (χ3n) is 3.54. The van der Waals surface area contributed by atoms with Gasteiger partial charge in [0, 0.05) is 24.5 Å². The Kier molecular flexibility index (Phi) is 5.36. The first-order valence-corrected chi connectivity index (χ1v) is 7.70. The van der Waals surface area contributed by atoms with Gasteiger partial charge in [-0.1, -0.05) is 6.07 Å². The summed E-state index contributed by atoms with van der Waals surface area (Å²) in [5.41, 5.74) is 0. The van der Waals surface area contributed by atoms with Crippen LogP contribution in [0.3, 0.4) is 0 Å². The van der Waals surface area contributed by atoms with E-state index in [0.717, 1.165) is 13.0 Å². The summed E-state index contributed by atoms with van der Waals surface area (Å²) in [5.74, 6) is 0.181. The van der Waals surface area contributed by atoms with Crippen molar-refractivity contribution in [3.05, 3.63) is 22.4 Å². The lowest BCUT2D eigenvalue weighted by Gasteiger charge is -2.31. The molecule has 0 aliphatic carbocycles. The number of likely N-dealkylation sites (N-methyl/N-ethyl adjacent to an activating group) is 1. The van der Waals surface area contributed by atoms with E-state index >= 15 is 0 Å². The molecule has 106 valence electrons. The molecule has 1 aromatic heterocycles. The Morgan fingerprint density at radius 2 is 2.26 bits per heavy atom. The van der Waals surface area contributed by atoms with Gasteiger partial charge in [0.15, 0.2) is 0 Å². The van der Waals surface area contributed by atoms with E-state index in [-0.39, 0.29) is 12.0 Å². The van der Waals surface area contributed by atoms with Crippen LogP contribution >= 0.6 is 11.3 Å². The molecule has 1 N–H and O–H groups in total. The predicted molar refractivity (Wildman–Crippen MR) is 77.3 cm³/mol. The molecule has 1 fully saturated rings. The molecule has 0 bridgehead atoms. The first kappa shape index (κ1) is 14.5. The molecule has 0 spiro atoms. The Bertz CT molecular complexity index is 386. The van der Waals surface area contributed by atoms with Gasteiger partial charge >= 0.3 is 0 Å². The van der Waals surface area contributed by atoms with Gasteiger partial charge in [0.1, 0.15) is 0 Å². The third-order valence-corrected chi connectivity index (χ3v) is 4.48. The van der Waals surface area contributed by atoms with Crippen LogP contribution in [0.2, 0.25) is 0 Å². The molecular weight excluding hydrogens is 260 g/mol. The molecule has 0 saturated carbocycles. The summed E-state index contributed by atoms with van der Waals surface area (Å²) in [6.07, 6.45) is 2.20. The summed E-state index contributed by atoms with van der Waals surface area (Å²) >= 11 is 1.76. The van der Waals surface area contributed by atoms with Gasteiger partial charge in [0.2, 0.25) is 5.91 Å². The number of hydrogen-bond acceptors (Lipinski definition) is 4. The van der Waals surface area contributed by atoms with Crippen molar-refractivity contribution in [3.63, 3.8) is 0 Å². The van der Waals surface area contributed by atoms with Crippen LogP contribution in [0, 0.1) is 0 Å². The van der Waals surface area contributed by atoms with Gasteiger partial charge in [0.05, 0.1) is 12.6 Å². The van der Waals surface area contributed by atoms with Crippen LogP contribution in [0.4, 0.5) is 0 Å². The SMILES string of the molecule is CN(CCc1cccs1)CC(=O)N1CCC(O)CC1. The number of amides is 1. The van der Waals surface area contributed by atoms with Crippen LogP contribution in [-0.4, -0.2) is 60.1 Å². The molecule has 5 heteroatoms. The summed E-state index contributed by atoms with van der Waals surface area (Å²) in [4.78, 5) is 17.4. The van der Waals surface area contributed by atoms with Gasteiger partial charge in [0.25, 0.3) is 0 Å². The van der Waals surface area contributed by atoms with Crippen molar-refractivity contribution >= 4 is 17.2 Å². The van der Waals surface area contributed by atoms with Crippen LogP contribution in [0.25, 0.3) is 0 Å². The fraction of sp³-hybridized carbons (Fsp3) is 0.643. The maximum Gasteiger partial charge on any atom is 0.236 e. The van der Waals surface area contributed by atoms with Crippen molar-refractivity contribution in [1.82, 2.24) is 9.80 Å². The topological polar surface area (TPSA) is 43.8 Å². The first-order chi connectivity index (χ1) is 9.15. The van der Waals surface area contributed by atoms with E-state index in [9.17, 15) is 9.90 Å². The Labute approximate surface area is 118 Å². The van der Waals surface area contributed by atoms with Gasteiger partial charge in [-0.2, -0.15) is 0 Å². The molecule has 1 aliphatic heterocycles. The fourth-order valence-electron chi connectivity index (χ4n) is 2.28. The van der Waals surface area contributed by atoms with E-state index in [1.54, 1.807) is 11.3 Å². The van der Waals surface area contributed by atoms with Crippen molar-refractivity contribution in [2.75, 3.05) is 33.2 Å². The number of piperidine rings is 1. The van der Waals surface area contributed by atoms with E-state index in [4.69, 9.17) is 0 Å². The van der Waals surface area contributed by atoms with Crippen LogP contribution in [0.15, 0.2) is 17.5 Å². The van der Waals surface area contributed by atoms with E-state index in [0.29, 0.717) is 32.5 Å². The van der Waals surface area contributed by atoms with Gasteiger partial charge in [-0.25, -0.2) is 0 Å². The van der Waals surface area contributed by atoms with Crippen molar-refractivity contribution in [3.8, 4) is 0 Å². The van der Waals surface area contributed by atoms with Gasteiger partial charge < -0.3 is 10.0 Å². The fourth-order valence-corrected chi connectivity index (χ4v) is 2.98. The number of nitrogens with zero attached hydrogens (tertiary/aromatic N) is 2. The lowest BCUT2D eigenvalue weighted by Crippen LogP contribution is -2.44. The van der Waals surface area contributed by atoms with E-state index in [1.807, 2.05) is 11.9 Å². The number of carbonyl (C=O) groups excluding carboxylic acids is 1. The molecule has 0 unspecified atom stereocenters. The largest absolute Gasteiger partial charge is 0.393 e. The van der Waals surface area contributed by atoms with E-state index in [1.165, 1.54) is 4.88 Å². The zero-order chi connectivity index (χ0) is 13.7. The van der Waals surface area contributed by atoms with E-state index in [2.05, 4.69) is 22.4 Å². The second kappa shape index (κ2) is 7.03. The standard InChI is InChI=1S/C14H22N2O2S/c1-15(7-6-13-3-2-10-19-13)11-14(18)16-8-4-12(17)5-9-16/h2-3,10,12,17H,4-9,11H2,1H3. The molecule has 0 atom stereocenters. The Balaban J connectivity index is 1.69. The molecule has 2 rings (SSSR count). The van der Waals surface area contributed by atoms with Crippen LogP contribution in [0.5, 0.6) is 0 Å². The predicted octanol–water partition coefficient (Wildman–Crippen LogP) is 1.21. The van der Waals surface area contributed by atoms with Crippen molar-refractivity contribution < 1.29 is 9.90 Å². The second-order valence-electron chi connectivity index (χ2n) is 5.18. The average molecular weight is 282 g/mol.